The molecule has 2 heterocycles. The third-order valence-corrected chi connectivity index (χ3v) is 4.25. The van der Waals surface area contributed by atoms with Crippen LogP contribution in [0, 0.1) is 0 Å². The number of rotatable bonds is 2. The molecule has 0 spiro atoms. The van der Waals surface area contributed by atoms with Crippen LogP contribution < -0.4 is 5.84 Å². The summed E-state index contributed by atoms with van der Waals surface area (Å²) in [4.78, 5) is 2.53. The lowest BCUT2D eigenvalue weighted by atomic mass is 9.89. The Morgan fingerprint density at radius 2 is 1.94 bits per heavy atom. The lowest BCUT2D eigenvalue weighted by Gasteiger charge is -2.30. The average molecular weight is 243 g/mol. The van der Waals surface area contributed by atoms with Crippen LogP contribution in [0.1, 0.15) is 31.2 Å². The molecule has 3 nitrogen and oxygen atoms in total. The van der Waals surface area contributed by atoms with Crippen molar-refractivity contribution >= 4 is 10.9 Å². The molecule has 1 fully saturated rings. The van der Waals surface area contributed by atoms with E-state index >= 15 is 0 Å². The Hall–Kier alpha value is -1.48. The zero-order valence-corrected chi connectivity index (χ0v) is 11.0. The minimum Gasteiger partial charge on any atom is -0.339 e. The number of para-hydroxylation sites is 1. The van der Waals surface area contributed by atoms with Gasteiger partial charge in [0.25, 0.3) is 0 Å². The molecule has 1 aliphatic rings. The second kappa shape index (κ2) is 4.65. The first-order valence-electron chi connectivity index (χ1n) is 6.87. The summed E-state index contributed by atoms with van der Waals surface area (Å²) in [5, 5.41) is 1.33. The van der Waals surface area contributed by atoms with Crippen molar-refractivity contribution in [2.45, 2.75) is 25.7 Å². The van der Waals surface area contributed by atoms with E-state index < -0.39 is 0 Å². The average Bonchev–Trinajstić information content (AvgIpc) is 2.77. The zero-order valence-electron chi connectivity index (χ0n) is 11.0. The van der Waals surface area contributed by atoms with Gasteiger partial charge in [-0.2, -0.15) is 0 Å². The van der Waals surface area contributed by atoms with Crippen LogP contribution in [-0.2, 0) is 0 Å². The molecule has 0 aliphatic carbocycles. The molecule has 0 radical (unpaired) electrons. The highest BCUT2D eigenvalue weighted by atomic mass is 15.3. The van der Waals surface area contributed by atoms with E-state index in [4.69, 9.17) is 5.84 Å². The van der Waals surface area contributed by atoms with Gasteiger partial charge in [0.1, 0.15) is 0 Å². The van der Waals surface area contributed by atoms with Crippen LogP contribution in [0.2, 0.25) is 0 Å². The van der Waals surface area contributed by atoms with Gasteiger partial charge in [0.2, 0.25) is 0 Å². The number of nitrogens with two attached hydrogens (primary N) is 1. The van der Waals surface area contributed by atoms with Gasteiger partial charge >= 0.3 is 0 Å². The summed E-state index contributed by atoms with van der Waals surface area (Å²) in [5.74, 6) is 6.71. The number of benzene rings is 1. The van der Waals surface area contributed by atoms with Gasteiger partial charge in [0.05, 0.1) is 5.52 Å². The first-order valence-corrected chi connectivity index (χ1v) is 6.87. The lowest BCUT2D eigenvalue weighted by molar-refractivity contribution is 0.223. The van der Waals surface area contributed by atoms with Crippen LogP contribution in [0.5, 0.6) is 0 Å². The van der Waals surface area contributed by atoms with Crippen molar-refractivity contribution in [1.29, 1.82) is 0 Å². The highest BCUT2D eigenvalue weighted by Crippen LogP contribution is 2.33. The molecular weight excluding hydrogens is 222 g/mol. The van der Waals surface area contributed by atoms with E-state index in [9.17, 15) is 0 Å². The van der Waals surface area contributed by atoms with E-state index in [1.807, 2.05) is 0 Å². The predicted molar refractivity (Wildman–Crippen MR) is 76.2 cm³/mol. The number of hydrogen-bond acceptors (Lipinski definition) is 2. The van der Waals surface area contributed by atoms with E-state index in [2.05, 4.69) is 42.3 Å². The monoisotopic (exact) mass is 243 g/mol. The largest absolute Gasteiger partial charge is 0.339 e. The standard InChI is InChI=1S/C15H21N3/c1-2-17-9-7-12(8-10-17)14-11-18(16)15-6-4-3-5-13(14)15/h3-6,11-12H,2,7-10,16H2,1H3. The maximum absolute atomic E-state index is 6.04. The van der Waals surface area contributed by atoms with Gasteiger partial charge in [-0.15, -0.1) is 0 Å². The molecule has 96 valence electrons. The smallest absolute Gasteiger partial charge is 0.0693 e. The number of likely N-dealkylation sites (tertiary alicyclic amines) is 1. The summed E-state index contributed by atoms with van der Waals surface area (Å²) in [6.45, 7) is 5.84. The summed E-state index contributed by atoms with van der Waals surface area (Å²) in [6.07, 6.45) is 4.63. The number of fused-ring (bicyclic) bond motifs is 1. The minimum atomic E-state index is 0.669. The van der Waals surface area contributed by atoms with Crippen molar-refractivity contribution in [2.75, 3.05) is 25.5 Å². The van der Waals surface area contributed by atoms with E-state index in [0.29, 0.717) is 5.92 Å². The summed E-state index contributed by atoms with van der Waals surface area (Å²) >= 11 is 0. The predicted octanol–water partition coefficient (Wildman–Crippen LogP) is 2.55. The molecule has 0 amide bonds. The second-order valence-corrected chi connectivity index (χ2v) is 5.22. The van der Waals surface area contributed by atoms with Gasteiger partial charge < -0.3 is 10.7 Å². The third-order valence-electron chi connectivity index (χ3n) is 4.25. The van der Waals surface area contributed by atoms with Crippen LogP contribution in [0.15, 0.2) is 30.5 Å². The Balaban J connectivity index is 1.91. The fraction of sp³-hybridized carbons (Fsp3) is 0.467. The Bertz CT molecular complexity index is 536. The van der Waals surface area contributed by atoms with Crippen LogP contribution in [0.3, 0.4) is 0 Å². The first-order chi connectivity index (χ1) is 8.79. The number of hydrogen-bond donors (Lipinski definition) is 1. The minimum absolute atomic E-state index is 0.669. The molecule has 1 aromatic heterocycles. The molecule has 1 aromatic carbocycles. The van der Waals surface area contributed by atoms with Crippen molar-refractivity contribution in [3.63, 3.8) is 0 Å². The Morgan fingerprint density at radius 1 is 1.22 bits per heavy atom. The van der Waals surface area contributed by atoms with Crippen LogP contribution in [0.4, 0.5) is 0 Å². The SMILES string of the molecule is CCN1CCC(c2cn(N)c3ccccc23)CC1. The molecule has 0 saturated carbocycles. The Morgan fingerprint density at radius 3 is 2.67 bits per heavy atom. The number of piperidine rings is 1. The maximum atomic E-state index is 6.04. The van der Waals surface area contributed by atoms with Crippen molar-refractivity contribution < 1.29 is 0 Å². The molecule has 1 aliphatic heterocycles. The Labute approximate surface area is 108 Å². The first kappa shape index (κ1) is 11.6. The van der Waals surface area contributed by atoms with Crippen LogP contribution in [-0.4, -0.2) is 29.2 Å². The van der Waals surface area contributed by atoms with Crippen molar-refractivity contribution in [2.24, 2.45) is 0 Å². The summed E-state index contributed by atoms with van der Waals surface area (Å²) < 4.78 is 1.77. The molecule has 2 aromatic rings. The molecule has 0 atom stereocenters. The van der Waals surface area contributed by atoms with Gasteiger partial charge in [-0.3, -0.25) is 4.68 Å². The molecule has 3 rings (SSSR count). The molecule has 0 bridgehead atoms. The van der Waals surface area contributed by atoms with Crippen molar-refractivity contribution in [3.05, 3.63) is 36.0 Å². The highest BCUT2D eigenvalue weighted by Gasteiger charge is 2.22. The van der Waals surface area contributed by atoms with Crippen LogP contribution in [0.25, 0.3) is 10.9 Å². The summed E-state index contributed by atoms with van der Waals surface area (Å²) in [7, 11) is 0. The van der Waals surface area contributed by atoms with Gasteiger partial charge in [-0.05, 0) is 50.0 Å². The quantitative estimate of drug-likeness (QED) is 0.823. The van der Waals surface area contributed by atoms with Gasteiger partial charge in [0.15, 0.2) is 0 Å². The molecule has 18 heavy (non-hydrogen) atoms. The summed E-state index contributed by atoms with van der Waals surface area (Å²) in [6, 6.07) is 8.45. The number of nitrogens with zero attached hydrogens (tertiary/aromatic N) is 2. The molecule has 2 N–H and O–H groups in total. The number of nitrogen functional groups attached to an aromatic ring is 1. The molecular formula is C15H21N3. The highest BCUT2D eigenvalue weighted by molar-refractivity contribution is 5.84. The molecule has 3 heteroatoms. The number of aromatic nitrogens is 1. The topological polar surface area (TPSA) is 34.2 Å². The zero-order chi connectivity index (χ0) is 12.5. The normalized spacial score (nSPS) is 18.5. The van der Waals surface area contributed by atoms with E-state index in [1.165, 1.54) is 43.4 Å². The van der Waals surface area contributed by atoms with Crippen molar-refractivity contribution in [1.82, 2.24) is 9.58 Å². The second-order valence-electron chi connectivity index (χ2n) is 5.22. The van der Waals surface area contributed by atoms with E-state index in [0.717, 1.165) is 5.52 Å². The molecule has 1 saturated heterocycles. The van der Waals surface area contributed by atoms with Gasteiger partial charge in [0, 0.05) is 11.6 Å². The third kappa shape index (κ3) is 1.89. The fourth-order valence-corrected chi connectivity index (χ4v) is 3.12. The summed E-state index contributed by atoms with van der Waals surface area (Å²) in [5.41, 5.74) is 2.58. The molecule has 0 unspecified atom stereocenters. The van der Waals surface area contributed by atoms with Crippen LogP contribution >= 0.6 is 0 Å². The van der Waals surface area contributed by atoms with E-state index in [1.54, 1.807) is 4.68 Å². The Kier molecular flexibility index (Phi) is 3.00. The van der Waals surface area contributed by atoms with E-state index in [-0.39, 0.29) is 0 Å². The van der Waals surface area contributed by atoms with Crippen molar-refractivity contribution in [3.8, 4) is 0 Å². The maximum Gasteiger partial charge on any atom is 0.0693 e. The van der Waals surface area contributed by atoms with Gasteiger partial charge in [-0.25, -0.2) is 0 Å². The van der Waals surface area contributed by atoms with Gasteiger partial charge in [-0.1, -0.05) is 25.1 Å². The fourth-order valence-electron chi connectivity index (χ4n) is 3.12. The lowest BCUT2D eigenvalue weighted by Crippen LogP contribution is -2.32.